The van der Waals surface area contributed by atoms with Gasteiger partial charge in [-0.2, -0.15) is 0 Å². The summed E-state index contributed by atoms with van der Waals surface area (Å²) < 4.78 is 22.8. The maximum Gasteiger partial charge on any atom is 0.409 e. The van der Waals surface area contributed by atoms with E-state index >= 15 is 0 Å². The van der Waals surface area contributed by atoms with Crippen molar-refractivity contribution in [1.29, 1.82) is 0 Å². The van der Waals surface area contributed by atoms with Crippen LogP contribution < -0.4 is 10.4 Å². The van der Waals surface area contributed by atoms with Gasteiger partial charge in [0.25, 0.3) is 0 Å². The highest BCUT2D eigenvalue weighted by Crippen LogP contribution is 2.38. The van der Waals surface area contributed by atoms with Crippen molar-refractivity contribution in [2.75, 3.05) is 33.4 Å². The molecule has 3 rings (SSSR count). The zero-order valence-electron chi connectivity index (χ0n) is 19.4. The lowest BCUT2D eigenvalue weighted by Crippen LogP contribution is -2.42. The zero-order valence-corrected chi connectivity index (χ0v) is 19.4. The number of nitrogens with zero attached hydrogens (tertiary/aromatic N) is 1. The van der Waals surface area contributed by atoms with E-state index in [0.717, 1.165) is 34.9 Å². The summed E-state index contributed by atoms with van der Waals surface area (Å²) in [5, 5.41) is 0.804. The van der Waals surface area contributed by atoms with Gasteiger partial charge in [0.15, 0.2) is 0 Å². The fourth-order valence-corrected chi connectivity index (χ4v) is 4.23. The van der Waals surface area contributed by atoms with Crippen molar-refractivity contribution >= 4 is 17.1 Å². The minimum absolute atomic E-state index is 0.0410. The van der Waals surface area contributed by atoms with Gasteiger partial charge in [0.2, 0.25) is 0 Å². The first-order chi connectivity index (χ1) is 14.8. The first kappa shape index (κ1) is 23.1. The molecule has 1 amide bonds. The molecule has 170 valence electrons. The van der Waals surface area contributed by atoms with Crippen LogP contribution in [0.3, 0.4) is 0 Å². The normalized spacial score (nSPS) is 16.7. The van der Waals surface area contributed by atoms with Crippen LogP contribution in [0.25, 0.3) is 11.0 Å². The highest BCUT2D eigenvalue weighted by atomic mass is 16.6. The molecule has 0 saturated carbocycles. The molecule has 0 aliphatic carbocycles. The molecule has 7 nitrogen and oxygen atoms in total. The van der Waals surface area contributed by atoms with E-state index in [2.05, 4.69) is 6.92 Å². The number of ether oxygens (including phenoxy) is 3. The molecule has 1 aliphatic rings. The van der Waals surface area contributed by atoms with E-state index in [9.17, 15) is 9.59 Å². The Labute approximate surface area is 183 Å². The van der Waals surface area contributed by atoms with E-state index < -0.39 is 0 Å². The van der Waals surface area contributed by atoms with Gasteiger partial charge in [0.1, 0.15) is 17.4 Å². The molecule has 7 heteroatoms. The van der Waals surface area contributed by atoms with Gasteiger partial charge < -0.3 is 23.5 Å². The number of amides is 1. The van der Waals surface area contributed by atoms with E-state index in [0.29, 0.717) is 43.2 Å². The van der Waals surface area contributed by atoms with E-state index in [1.165, 1.54) is 0 Å². The number of carbonyl (C=O) groups excluding carboxylic acids is 1. The minimum atomic E-state index is -0.360. The number of carbonyl (C=O) groups is 1. The summed E-state index contributed by atoms with van der Waals surface area (Å²) in [5.41, 5.74) is 3.37. The molecule has 1 aromatic heterocycles. The molecule has 0 bridgehead atoms. The largest absolute Gasteiger partial charge is 0.496 e. The number of rotatable bonds is 6. The Balaban J connectivity index is 2.01. The van der Waals surface area contributed by atoms with Crippen LogP contribution in [0, 0.1) is 13.8 Å². The van der Waals surface area contributed by atoms with Crippen molar-refractivity contribution in [1.82, 2.24) is 4.90 Å². The second kappa shape index (κ2) is 9.73. The summed E-state index contributed by atoms with van der Waals surface area (Å²) in [7, 11) is 1.60. The van der Waals surface area contributed by atoms with Crippen molar-refractivity contribution in [3.8, 4) is 5.75 Å². The molecule has 1 unspecified atom stereocenters. The average molecular weight is 432 g/mol. The van der Waals surface area contributed by atoms with E-state index in [1.54, 1.807) is 12.0 Å². The topological polar surface area (TPSA) is 78.2 Å². The minimum Gasteiger partial charge on any atom is -0.496 e. The molecule has 2 heterocycles. The molecule has 31 heavy (non-hydrogen) atoms. The number of benzene rings is 1. The van der Waals surface area contributed by atoms with Crippen LogP contribution in [0.5, 0.6) is 5.75 Å². The van der Waals surface area contributed by atoms with Gasteiger partial charge in [-0.15, -0.1) is 0 Å². The summed E-state index contributed by atoms with van der Waals surface area (Å²) in [6.07, 6.45) is 1.13. The molecule has 1 aromatic carbocycles. The number of unbranched alkanes of at least 4 members (excludes halogenated alkanes) is 1. The highest BCUT2D eigenvalue weighted by Gasteiger charge is 2.30. The second-order valence-corrected chi connectivity index (χ2v) is 8.35. The van der Waals surface area contributed by atoms with Crippen molar-refractivity contribution in [2.24, 2.45) is 0 Å². The Hall–Kier alpha value is -2.54. The Morgan fingerprint density at radius 3 is 2.68 bits per heavy atom. The summed E-state index contributed by atoms with van der Waals surface area (Å²) in [4.78, 5) is 26.8. The van der Waals surface area contributed by atoms with Gasteiger partial charge >= 0.3 is 11.7 Å². The summed E-state index contributed by atoms with van der Waals surface area (Å²) >= 11 is 0. The summed E-state index contributed by atoms with van der Waals surface area (Å²) in [6, 6.07) is 1.94. The molecular weight excluding hydrogens is 398 g/mol. The quantitative estimate of drug-likeness (QED) is 0.480. The number of morpholine rings is 1. The first-order valence-electron chi connectivity index (χ1n) is 11.0. The van der Waals surface area contributed by atoms with E-state index in [-0.39, 0.29) is 23.7 Å². The molecule has 0 radical (unpaired) electrons. The Bertz CT molecular complexity index is 1010. The van der Waals surface area contributed by atoms with Gasteiger partial charge in [-0.25, -0.2) is 9.59 Å². The zero-order chi connectivity index (χ0) is 22.7. The highest BCUT2D eigenvalue weighted by molar-refractivity contribution is 5.91. The predicted octanol–water partition coefficient (Wildman–Crippen LogP) is 4.85. The molecule has 1 atom stereocenters. The smallest absolute Gasteiger partial charge is 0.409 e. The van der Waals surface area contributed by atoms with Gasteiger partial charge in [0.05, 0.1) is 32.3 Å². The third kappa shape index (κ3) is 4.56. The predicted molar refractivity (Wildman–Crippen MR) is 119 cm³/mol. The van der Waals surface area contributed by atoms with Crippen molar-refractivity contribution in [2.45, 2.75) is 59.5 Å². The van der Waals surface area contributed by atoms with Gasteiger partial charge in [0, 0.05) is 12.1 Å². The van der Waals surface area contributed by atoms with Crippen LogP contribution in [0.4, 0.5) is 4.79 Å². The van der Waals surface area contributed by atoms with Crippen LogP contribution in [0.15, 0.2) is 15.3 Å². The standard InChI is InChI=1S/C24H33NO6/c1-7-8-10-30-24(27)25-9-11-29-19(13-25)17-12-18(28-6)21-16(5)20(14(2)3)23(26)31-22(21)15(17)4/h12,14,19H,7-11,13H2,1-6H3. The number of aryl methyl sites for hydroxylation is 2. The maximum absolute atomic E-state index is 12.7. The summed E-state index contributed by atoms with van der Waals surface area (Å²) in [6.45, 7) is 11.5. The third-order valence-electron chi connectivity index (χ3n) is 5.92. The fraction of sp³-hybridized carbons (Fsp3) is 0.583. The van der Waals surface area contributed by atoms with Crippen LogP contribution >= 0.6 is 0 Å². The number of hydrogen-bond donors (Lipinski definition) is 0. The van der Waals surface area contributed by atoms with Crippen molar-refractivity contribution in [3.63, 3.8) is 0 Å². The average Bonchev–Trinajstić information content (AvgIpc) is 2.74. The van der Waals surface area contributed by atoms with E-state index in [4.69, 9.17) is 18.6 Å². The molecule has 1 saturated heterocycles. The molecule has 0 spiro atoms. The molecule has 2 aromatic rings. The Morgan fingerprint density at radius 1 is 1.29 bits per heavy atom. The Kier molecular flexibility index (Phi) is 7.26. The monoisotopic (exact) mass is 431 g/mol. The van der Waals surface area contributed by atoms with Gasteiger partial charge in [-0.1, -0.05) is 27.2 Å². The lowest BCUT2D eigenvalue weighted by molar-refractivity contribution is -0.0289. The number of methoxy groups -OCH3 is 1. The maximum atomic E-state index is 12.7. The van der Waals surface area contributed by atoms with Crippen molar-refractivity contribution < 1.29 is 23.4 Å². The fourth-order valence-electron chi connectivity index (χ4n) is 4.23. The number of fused-ring (bicyclic) bond motifs is 1. The first-order valence-corrected chi connectivity index (χ1v) is 11.0. The third-order valence-corrected chi connectivity index (χ3v) is 5.92. The molecule has 1 fully saturated rings. The van der Waals surface area contributed by atoms with Crippen LogP contribution in [0.1, 0.15) is 67.9 Å². The number of hydrogen-bond acceptors (Lipinski definition) is 6. The Morgan fingerprint density at radius 2 is 2.03 bits per heavy atom. The van der Waals surface area contributed by atoms with Crippen LogP contribution in [-0.4, -0.2) is 44.4 Å². The molecule has 1 aliphatic heterocycles. The lowest BCUT2D eigenvalue weighted by atomic mass is 9.93. The van der Waals surface area contributed by atoms with Gasteiger partial charge in [-0.05, 0) is 48.9 Å². The molecule has 0 N–H and O–H groups in total. The van der Waals surface area contributed by atoms with Gasteiger partial charge in [-0.3, -0.25) is 0 Å². The van der Waals surface area contributed by atoms with E-state index in [1.807, 2.05) is 33.8 Å². The molecular formula is C24H33NO6. The second-order valence-electron chi connectivity index (χ2n) is 8.35. The lowest BCUT2D eigenvalue weighted by Gasteiger charge is -2.33. The SMILES string of the molecule is CCCCOC(=O)N1CCOC(c2cc(OC)c3c(C)c(C(C)C)c(=O)oc3c2C)C1. The van der Waals surface area contributed by atoms with Crippen LogP contribution in [0.2, 0.25) is 0 Å². The van der Waals surface area contributed by atoms with Crippen molar-refractivity contribution in [3.05, 3.63) is 38.7 Å². The van der Waals surface area contributed by atoms with Crippen LogP contribution in [-0.2, 0) is 9.47 Å². The summed E-state index contributed by atoms with van der Waals surface area (Å²) in [5.74, 6) is 0.671.